The predicted molar refractivity (Wildman–Crippen MR) is 95.5 cm³/mol. The largest absolute Gasteiger partial charge is 0.458 e. The summed E-state index contributed by atoms with van der Waals surface area (Å²) in [6, 6.07) is 0.426. The molecule has 2 N–H and O–H groups in total. The first-order chi connectivity index (χ1) is 11.7. The van der Waals surface area contributed by atoms with Crippen molar-refractivity contribution in [2.45, 2.75) is 65.2 Å². The summed E-state index contributed by atoms with van der Waals surface area (Å²) in [7, 11) is 1.71. The lowest BCUT2D eigenvalue weighted by atomic mass is 10.1. The molecule has 1 atom stereocenters. The number of carbonyl (C=O) groups excluding carboxylic acids is 3. The van der Waals surface area contributed by atoms with Gasteiger partial charge in [-0.05, 0) is 41.5 Å². The molecule has 0 saturated heterocycles. The SMILES string of the molecule is Cn1ccc(NC(=O)CC(NC(=O)OC(C)(C)C)C(=O)OC(C)(C)C)n1. The van der Waals surface area contributed by atoms with Crippen LogP contribution in [0.3, 0.4) is 0 Å². The number of hydrogen-bond acceptors (Lipinski definition) is 6. The van der Waals surface area contributed by atoms with Crippen LogP contribution in [-0.2, 0) is 26.1 Å². The summed E-state index contributed by atoms with van der Waals surface area (Å²) in [6.45, 7) is 10.2. The Morgan fingerprint density at radius 3 is 2.15 bits per heavy atom. The van der Waals surface area contributed by atoms with Crippen LogP contribution in [0.1, 0.15) is 48.0 Å². The number of aryl methyl sites for hydroxylation is 1. The maximum atomic E-state index is 12.4. The minimum absolute atomic E-state index is 0.315. The van der Waals surface area contributed by atoms with E-state index < -0.39 is 35.2 Å². The zero-order valence-corrected chi connectivity index (χ0v) is 16.4. The Morgan fingerprint density at radius 2 is 1.69 bits per heavy atom. The van der Waals surface area contributed by atoms with Gasteiger partial charge in [0.05, 0.1) is 6.42 Å². The number of amides is 2. The molecule has 26 heavy (non-hydrogen) atoms. The number of nitrogens with one attached hydrogen (secondary N) is 2. The number of alkyl carbamates (subject to hydrolysis) is 1. The van der Waals surface area contributed by atoms with E-state index in [2.05, 4.69) is 15.7 Å². The lowest BCUT2D eigenvalue weighted by Crippen LogP contribution is -2.47. The molecule has 0 aliphatic carbocycles. The van der Waals surface area contributed by atoms with E-state index in [0.717, 1.165) is 0 Å². The number of rotatable bonds is 5. The molecule has 1 aromatic rings. The molecule has 0 saturated carbocycles. The van der Waals surface area contributed by atoms with Gasteiger partial charge in [0.1, 0.15) is 17.2 Å². The lowest BCUT2D eigenvalue weighted by molar-refractivity contribution is -0.158. The van der Waals surface area contributed by atoms with Crippen LogP contribution in [0, 0.1) is 0 Å². The van der Waals surface area contributed by atoms with Gasteiger partial charge in [-0.25, -0.2) is 9.59 Å². The van der Waals surface area contributed by atoms with Crippen molar-refractivity contribution in [3.05, 3.63) is 12.3 Å². The minimum Gasteiger partial charge on any atom is -0.458 e. The average Bonchev–Trinajstić information content (AvgIpc) is 2.78. The van der Waals surface area contributed by atoms with Crippen molar-refractivity contribution in [1.29, 1.82) is 0 Å². The molecule has 0 aliphatic heterocycles. The second kappa shape index (κ2) is 8.20. The summed E-state index contributed by atoms with van der Waals surface area (Å²) < 4.78 is 12.0. The van der Waals surface area contributed by atoms with Crippen molar-refractivity contribution >= 4 is 23.8 Å². The topological polar surface area (TPSA) is 112 Å². The number of ether oxygens (including phenoxy) is 2. The van der Waals surface area contributed by atoms with E-state index in [1.165, 1.54) is 4.68 Å². The molecule has 2 amide bonds. The van der Waals surface area contributed by atoms with Crippen LogP contribution in [0.5, 0.6) is 0 Å². The molecule has 0 bridgehead atoms. The zero-order chi connectivity index (χ0) is 20.1. The van der Waals surface area contributed by atoms with E-state index >= 15 is 0 Å². The number of aromatic nitrogens is 2. The Bertz CT molecular complexity index is 655. The van der Waals surface area contributed by atoms with Crippen LogP contribution in [0.25, 0.3) is 0 Å². The first-order valence-corrected chi connectivity index (χ1v) is 8.27. The fraction of sp³-hybridized carbons (Fsp3) is 0.647. The highest BCUT2D eigenvalue weighted by Crippen LogP contribution is 2.12. The highest BCUT2D eigenvalue weighted by Gasteiger charge is 2.30. The summed E-state index contributed by atoms with van der Waals surface area (Å²) in [5.41, 5.74) is -1.50. The molecule has 0 aromatic carbocycles. The molecular formula is C17H28N4O5. The van der Waals surface area contributed by atoms with E-state index in [4.69, 9.17) is 9.47 Å². The van der Waals surface area contributed by atoms with Gasteiger partial charge in [-0.15, -0.1) is 0 Å². The van der Waals surface area contributed by atoms with Crippen LogP contribution in [-0.4, -0.2) is 45.0 Å². The van der Waals surface area contributed by atoms with Crippen molar-refractivity contribution in [2.24, 2.45) is 7.05 Å². The molecule has 0 aliphatic rings. The highest BCUT2D eigenvalue weighted by molar-refractivity contribution is 5.94. The Labute approximate surface area is 153 Å². The summed E-state index contributed by atoms with van der Waals surface area (Å²) in [6.07, 6.45) is 0.545. The third-order valence-electron chi connectivity index (χ3n) is 2.75. The fourth-order valence-electron chi connectivity index (χ4n) is 1.88. The summed E-state index contributed by atoms with van der Waals surface area (Å²) in [5.74, 6) is -0.868. The van der Waals surface area contributed by atoms with Crippen molar-refractivity contribution < 1.29 is 23.9 Å². The second-order valence-corrected chi connectivity index (χ2v) is 7.86. The molecule has 146 valence electrons. The summed E-state index contributed by atoms with van der Waals surface area (Å²) in [4.78, 5) is 36.6. The molecule has 9 heteroatoms. The van der Waals surface area contributed by atoms with Gasteiger partial charge < -0.3 is 20.1 Å². The Balaban J connectivity index is 2.80. The maximum Gasteiger partial charge on any atom is 0.408 e. The van der Waals surface area contributed by atoms with Gasteiger partial charge in [0.15, 0.2) is 5.82 Å². The van der Waals surface area contributed by atoms with Crippen LogP contribution in [0.15, 0.2) is 12.3 Å². The number of hydrogen-bond donors (Lipinski definition) is 2. The summed E-state index contributed by atoms with van der Waals surface area (Å²) >= 11 is 0. The molecule has 0 spiro atoms. The normalized spacial score (nSPS) is 12.9. The number of esters is 1. The molecule has 1 rings (SSSR count). The van der Waals surface area contributed by atoms with E-state index in [9.17, 15) is 14.4 Å². The molecule has 0 radical (unpaired) electrons. The third-order valence-corrected chi connectivity index (χ3v) is 2.75. The quantitative estimate of drug-likeness (QED) is 0.769. The van der Waals surface area contributed by atoms with E-state index in [0.29, 0.717) is 5.82 Å². The monoisotopic (exact) mass is 368 g/mol. The predicted octanol–water partition coefficient (Wildman–Crippen LogP) is 1.98. The van der Waals surface area contributed by atoms with Gasteiger partial charge in [-0.1, -0.05) is 0 Å². The first-order valence-electron chi connectivity index (χ1n) is 8.27. The Hall–Kier alpha value is -2.58. The van der Waals surface area contributed by atoms with Crippen LogP contribution < -0.4 is 10.6 Å². The first kappa shape index (κ1) is 21.5. The standard InChI is InChI=1S/C17H28N4O5/c1-16(2,3)25-14(23)11(18-15(24)26-17(4,5)6)10-13(22)19-12-8-9-21(7)20-12/h8-9,11H,10H2,1-7H3,(H,18,24)(H,19,20,22). The van der Waals surface area contributed by atoms with Gasteiger partial charge in [0, 0.05) is 19.3 Å². The molecule has 1 heterocycles. The zero-order valence-electron chi connectivity index (χ0n) is 16.4. The molecular weight excluding hydrogens is 340 g/mol. The fourth-order valence-corrected chi connectivity index (χ4v) is 1.88. The maximum absolute atomic E-state index is 12.4. The Kier molecular flexibility index (Phi) is 6.77. The minimum atomic E-state index is -1.19. The lowest BCUT2D eigenvalue weighted by Gasteiger charge is -2.26. The van der Waals surface area contributed by atoms with Gasteiger partial charge in [-0.2, -0.15) is 5.10 Å². The van der Waals surface area contributed by atoms with Gasteiger partial charge in [-0.3, -0.25) is 9.48 Å². The highest BCUT2D eigenvalue weighted by atomic mass is 16.6. The smallest absolute Gasteiger partial charge is 0.408 e. The molecule has 0 fully saturated rings. The molecule has 9 nitrogen and oxygen atoms in total. The number of anilines is 1. The second-order valence-electron chi connectivity index (χ2n) is 7.86. The van der Waals surface area contributed by atoms with Crippen molar-refractivity contribution in [3.8, 4) is 0 Å². The Morgan fingerprint density at radius 1 is 1.12 bits per heavy atom. The van der Waals surface area contributed by atoms with Crippen molar-refractivity contribution in [3.63, 3.8) is 0 Å². The number of carbonyl (C=O) groups is 3. The average molecular weight is 368 g/mol. The number of nitrogens with zero attached hydrogens (tertiary/aromatic N) is 2. The van der Waals surface area contributed by atoms with Crippen molar-refractivity contribution in [2.75, 3.05) is 5.32 Å². The van der Waals surface area contributed by atoms with Gasteiger partial charge >= 0.3 is 12.1 Å². The molecule has 1 aromatic heterocycles. The van der Waals surface area contributed by atoms with Gasteiger partial charge in [0.25, 0.3) is 0 Å². The molecule has 1 unspecified atom stereocenters. The van der Waals surface area contributed by atoms with Crippen LogP contribution >= 0.6 is 0 Å². The van der Waals surface area contributed by atoms with Crippen LogP contribution in [0.4, 0.5) is 10.6 Å². The van der Waals surface area contributed by atoms with E-state index in [1.807, 2.05) is 0 Å². The van der Waals surface area contributed by atoms with Gasteiger partial charge in [0.2, 0.25) is 5.91 Å². The van der Waals surface area contributed by atoms with E-state index in [-0.39, 0.29) is 6.42 Å². The van der Waals surface area contributed by atoms with Crippen molar-refractivity contribution in [1.82, 2.24) is 15.1 Å². The van der Waals surface area contributed by atoms with Crippen LogP contribution in [0.2, 0.25) is 0 Å². The summed E-state index contributed by atoms with van der Waals surface area (Å²) in [5, 5.41) is 8.99. The third kappa shape index (κ3) is 8.50. The van der Waals surface area contributed by atoms with E-state index in [1.54, 1.807) is 60.9 Å².